The van der Waals surface area contributed by atoms with Crippen molar-refractivity contribution < 1.29 is 9.90 Å². The van der Waals surface area contributed by atoms with Gasteiger partial charge in [0.05, 0.1) is 11.6 Å². The minimum atomic E-state index is -0.833. The maximum Gasteiger partial charge on any atom is 0.320 e. The lowest BCUT2D eigenvalue weighted by atomic mass is 10.0. The smallest absolute Gasteiger partial charge is 0.320 e. The first-order chi connectivity index (χ1) is 8.58. The molecular weight excluding hydrogens is 228 g/mol. The molecule has 0 fully saturated rings. The Morgan fingerprint density at radius 2 is 2.28 bits per heavy atom. The fraction of sp³-hybridized carbons (Fsp3) is 0.429. The average molecular weight is 246 g/mol. The summed E-state index contributed by atoms with van der Waals surface area (Å²) in [6.07, 6.45) is 1.41. The zero-order valence-corrected chi connectivity index (χ0v) is 10.7. The number of hydrogen-bond acceptors (Lipinski definition) is 3. The summed E-state index contributed by atoms with van der Waals surface area (Å²) < 4.78 is 0. The Morgan fingerprint density at radius 3 is 2.83 bits per heavy atom. The molecule has 0 heterocycles. The molecule has 18 heavy (non-hydrogen) atoms. The molecule has 0 saturated carbocycles. The highest BCUT2D eigenvalue weighted by atomic mass is 16.4. The Kier molecular flexibility index (Phi) is 5.34. The monoisotopic (exact) mass is 246 g/mol. The quantitative estimate of drug-likeness (QED) is 0.808. The van der Waals surface area contributed by atoms with Crippen LogP contribution in [0.5, 0.6) is 0 Å². The lowest BCUT2D eigenvalue weighted by molar-refractivity contribution is -0.139. The number of nitrogens with one attached hydrogen (secondary N) is 1. The molecule has 0 spiro atoms. The lowest BCUT2D eigenvalue weighted by Crippen LogP contribution is -2.38. The van der Waals surface area contributed by atoms with Gasteiger partial charge < -0.3 is 5.11 Å². The third kappa shape index (κ3) is 3.86. The van der Waals surface area contributed by atoms with E-state index in [2.05, 4.69) is 11.4 Å². The maximum absolute atomic E-state index is 11.1. The zero-order valence-electron chi connectivity index (χ0n) is 10.7. The van der Waals surface area contributed by atoms with Crippen LogP contribution in [0.1, 0.15) is 43.9 Å². The molecule has 0 radical (unpaired) electrons. The molecular formula is C14H18N2O2. The van der Waals surface area contributed by atoms with Gasteiger partial charge in [0.2, 0.25) is 0 Å². The van der Waals surface area contributed by atoms with E-state index in [9.17, 15) is 4.79 Å². The van der Waals surface area contributed by atoms with E-state index in [1.54, 1.807) is 12.1 Å². The number of carboxylic acid groups (broad SMARTS) is 1. The SMILES string of the molecule is CCCC(NC(C)c1cccc(C#N)c1)C(=O)O. The molecule has 0 aliphatic carbocycles. The average Bonchev–Trinajstić information content (AvgIpc) is 2.38. The second kappa shape index (κ2) is 6.77. The molecule has 1 rings (SSSR count). The van der Waals surface area contributed by atoms with Crippen molar-refractivity contribution in [3.63, 3.8) is 0 Å². The summed E-state index contributed by atoms with van der Waals surface area (Å²) in [4.78, 5) is 11.1. The normalized spacial score (nSPS) is 13.6. The first kappa shape index (κ1) is 14.2. The number of aliphatic carboxylic acids is 1. The molecule has 96 valence electrons. The van der Waals surface area contributed by atoms with Gasteiger partial charge in [-0.3, -0.25) is 10.1 Å². The van der Waals surface area contributed by atoms with Gasteiger partial charge in [0.1, 0.15) is 6.04 Å². The number of rotatable bonds is 6. The van der Waals surface area contributed by atoms with Crippen molar-refractivity contribution in [2.24, 2.45) is 0 Å². The molecule has 0 saturated heterocycles. The zero-order chi connectivity index (χ0) is 13.5. The first-order valence-electron chi connectivity index (χ1n) is 6.07. The highest BCUT2D eigenvalue weighted by Crippen LogP contribution is 2.15. The summed E-state index contributed by atoms with van der Waals surface area (Å²) in [5, 5.41) is 21.0. The fourth-order valence-corrected chi connectivity index (χ4v) is 1.84. The van der Waals surface area contributed by atoms with Crippen LogP contribution in [0.4, 0.5) is 0 Å². The largest absolute Gasteiger partial charge is 0.480 e. The van der Waals surface area contributed by atoms with Crippen molar-refractivity contribution in [3.05, 3.63) is 35.4 Å². The lowest BCUT2D eigenvalue weighted by Gasteiger charge is -2.20. The third-order valence-corrected chi connectivity index (χ3v) is 2.84. The fourth-order valence-electron chi connectivity index (χ4n) is 1.84. The summed E-state index contributed by atoms with van der Waals surface area (Å²) in [7, 11) is 0. The number of carbonyl (C=O) groups is 1. The van der Waals surface area contributed by atoms with Gasteiger partial charge in [-0.1, -0.05) is 25.5 Å². The molecule has 2 unspecified atom stereocenters. The van der Waals surface area contributed by atoms with Crippen LogP contribution in [0.2, 0.25) is 0 Å². The van der Waals surface area contributed by atoms with Gasteiger partial charge in [-0.05, 0) is 31.0 Å². The predicted molar refractivity (Wildman–Crippen MR) is 69.0 cm³/mol. The Hall–Kier alpha value is -1.86. The van der Waals surface area contributed by atoms with Gasteiger partial charge in [0, 0.05) is 6.04 Å². The van der Waals surface area contributed by atoms with E-state index in [0.717, 1.165) is 12.0 Å². The van der Waals surface area contributed by atoms with E-state index >= 15 is 0 Å². The highest BCUT2D eigenvalue weighted by Gasteiger charge is 2.19. The second-order valence-corrected chi connectivity index (χ2v) is 4.31. The summed E-state index contributed by atoms with van der Waals surface area (Å²) in [6, 6.07) is 8.65. The number of hydrogen-bond donors (Lipinski definition) is 2. The van der Waals surface area contributed by atoms with Crippen molar-refractivity contribution in [3.8, 4) is 6.07 Å². The maximum atomic E-state index is 11.1. The first-order valence-corrected chi connectivity index (χ1v) is 6.07. The van der Waals surface area contributed by atoms with E-state index in [-0.39, 0.29) is 6.04 Å². The van der Waals surface area contributed by atoms with Crippen LogP contribution in [-0.4, -0.2) is 17.1 Å². The number of nitrogens with zero attached hydrogens (tertiary/aromatic N) is 1. The molecule has 1 aromatic rings. The third-order valence-electron chi connectivity index (χ3n) is 2.84. The van der Waals surface area contributed by atoms with E-state index in [0.29, 0.717) is 12.0 Å². The van der Waals surface area contributed by atoms with Gasteiger partial charge in [-0.15, -0.1) is 0 Å². The Bertz CT molecular complexity index is 451. The molecule has 4 heteroatoms. The minimum absolute atomic E-state index is 0.0917. The van der Waals surface area contributed by atoms with E-state index < -0.39 is 12.0 Å². The molecule has 1 aromatic carbocycles. The number of benzene rings is 1. The van der Waals surface area contributed by atoms with Gasteiger partial charge in [0.25, 0.3) is 0 Å². The van der Waals surface area contributed by atoms with Gasteiger partial charge in [-0.2, -0.15) is 5.26 Å². The van der Waals surface area contributed by atoms with E-state index in [4.69, 9.17) is 10.4 Å². The molecule has 0 bridgehead atoms. The van der Waals surface area contributed by atoms with Crippen molar-refractivity contribution in [2.75, 3.05) is 0 Å². The topological polar surface area (TPSA) is 73.1 Å². The number of nitriles is 1. The summed E-state index contributed by atoms with van der Waals surface area (Å²) in [5.41, 5.74) is 1.51. The van der Waals surface area contributed by atoms with Crippen LogP contribution in [0.15, 0.2) is 24.3 Å². The molecule has 2 atom stereocenters. The Labute approximate surface area is 107 Å². The number of carboxylic acids is 1. The van der Waals surface area contributed by atoms with E-state index in [1.165, 1.54) is 0 Å². The highest BCUT2D eigenvalue weighted by molar-refractivity contribution is 5.73. The summed E-state index contributed by atoms with van der Waals surface area (Å²) >= 11 is 0. The van der Waals surface area contributed by atoms with Crippen molar-refractivity contribution in [2.45, 2.75) is 38.8 Å². The molecule has 0 aliphatic rings. The van der Waals surface area contributed by atoms with Crippen LogP contribution in [0.25, 0.3) is 0 Å². The molecule has 0 aromatic heterocycles. The van der Waals surface area contributed by atoms with Crippen LogP contribution in [-0.2, 0) is 4.79 Å². The molecule has 2 N–H and O–H groups in total. The Balaban J connectivity index is 2.77. The summed E-state index contributed by atoms with van der Waals surface area (Å²) in [6.45, 7) is 3.86. The predicted octanol–water partition coefficient (Wildman–Crippen LogP) is 2.46. The Morgan fingerprint density at radius 1 is 1.56 bits per heavy atom. The van der Waals surface area contributed by atoms with Crippen molar-refractivity contribution in [1.82, 2.24) is 5.32 Å². The van der Waals surface area contributed by atoms with Gasteiger partial charge >= 0.3 is 5.97 Å². The molecule has 0 aliphatic heterocycles. The minimum Gasteiger partial charge on any atom is -0.480 e. The van der Waals surface area contributed by atoms with E-state index in [1.807, 2.05) is 26.0 Å². The van der Waals surface area contributed by atoms with Gasteiger partial charge in [-0.25, -0.2) is 0 Å². The molecule has 4 nitrogen and oxygen atoms in total. The second-order valence-electron chi connectivity index (χ2n) is 4.31. The van der Waals surface area contributed by atoms with Crippen LogP contribution in [0, 0.1) is 11.3 Å². The van der Waals surface area contributed by atoms with Crippen LogP contribution in [0.3, 0.4) is 0 Å². The standard InChI is InChI=1S/C14H18N2O2/c1-3-5-13(14(17)18)16-10(2)12-7-4-6-11(8-12)9-15/h4,6-8,10,13,16H,3,5H2,1-2H3,(H,17,18). The van der Waals surface area contributed by atoms with Crippen LogP contribution >= 0.6 is 0 Å². The van der Waals surface area contributed by atoms with Crippen LogP contribution < -0.4 is 5.32 Å². The van der Waals surface area contributed by atoms with Crippen molar-refractivity contribution >= 4 is 5.97 Å². The summed E-state index contributed by atoms with van der Waals surface area (Å²) in [5.74, 6) is -0.833. The molecule has 0 amide bonds. The van der Waals surface area contributed by atoms with Gasteiger partial charge in [0.15, 0.2) is 0 Å². The van der Waals surface area contributed by atoms with Crippen molar-refractivity contribution in [1.29, 1.82) is 5.26 Å².